The molecule has 738 valence electrons. The van der Waals surface area contributed by atoms with Crippen LogP contribution in [0.2, 0.25) is 0 Å². The monoisotopic (exact) mass is 1830 g/mol. The molecule has 0 unspecified atom stereocenters. The van der Waals surface area contributed by atoms with Crippen molar-refractivity contribution in [2.24, 2.45) is 20.1 Å². The van der Waals surface area contributed by atoms with Gasteiger partial charge in [-0.1, -0.05) is 91.1 Å². The van der Waals surface area contributed by atoms with Crippen LogP contribution >= 0.6 is 0 Å². The average Bonchev–Trinajstić information content (AvgIpc) is 1.70. The molecule has 0 fully saturated rings. The third kappa shape index (κ3) is 83.2. The fourth-order valence-corrected chi connectivity index (χ4v) is 8.17. The fraction of sp³-hybridized carbons (Fsp3) is 0.561. The number of hydrogen-bond acceptors (Lipinski definition) is 32. The molecule has 47 heteroatoms. The molecule has 0 atom stereocenters. The molecule has 6 aromatic heterocycles. The number of aliphatic imine (C=N–C) groups is 3. The summed E-state index contributed by atoms with van der Waals surface area (Å²) in [5, 5.41) is 62.7. The van der Waals surface area contributed by atoms with E-state index in [1.165, 1.54) is 28.3 Å². The highest BCUT2D eigenvalue weighted by Gasteiger charge is 2.12. The SMILES string of the molecule is C.C.C.C.C.C.C.C.C.CC(=O)NCCNc1ccccn1.CN/C(=N/[N+](=O)[O-])NCCCOC.CN=C(NC#N)NCCCOC.COCC(=O)Nc1ccccn1.COCC(=O)Nc1nc2ccccc2[nH]1.COCC(=O)Nc1ncc[nH]1.COCCCNC1=NCC(=O)N1.COCCCNC1=NCCN1.COCCCNc1ncc[nH]1.COCCNc1ncc[nH]1. The van der Waals surface area contributed by atoms with E-state index in [1.807, 2.05) is 42.5 Å². The summed E-state index contributed by atoms with van der Waals surface area (Å²) >= 11 is 0. The molecule has 2 aliphatic heterocycles. The van der Waals surface area contributed by atoms with E-state index < -0.39 is 5.03 Å². The molecule has 5 amide bonds. The number of hydrazone groups is 1. The minimum atomic E-state index is -0.755. The molecule has 129 heavy (non-hydrogen) atoms. The number of aromatic nitrogens is 10. The quantitative estimate of drug-likeness (QED) is 0.00344. The zero-order valence-corrected chi connectivity index (χ0v) is 70.5. The van der Waals surface area contributed by atoms with Gasteiger partial charge in [0.25, 0.3) is 23.7 Å². The highest BCUT2D eigenvalue weighted by atomic mass is 16.7. The number of amides is 5. The van der Waals surface area contributed by atoms with Crippen molar-refractivity contribution in [1.29, 1.82) is 5.26 Å². The number of aromatic amines is 4. The van der Waals surface area contributed by atoms with Crippen LogP contribution in [0.5, 0.6) is 0 Å². The molecule has 9 rings (SSSR count). The Kier molecular flexibility index (Phi) is 105. The summed E-state index contributed by atoms with van der Waals surface area (Å²) in [4.78, 5) is 112. The Bertz CT molecular complexity index is 3800. The summed E-state index contributed by atoms with van der Waals surface area (Å²) in [6.07, 6.45) is 19.9. The molecule has 0 radical (unpaired) electrons. The molecule has 7 aromatic rings. The van der Waals surface area contributed by atoms with E-state index in [0.29, 0.717) is 75.7 Å². The number of rotatable bonds is 39. The fourth-order valence-electron chi connectivity index (χ4n) is 8.17. The maximum Gasteiger partial charge on any atom is 0.268 e. The number of guanidine groups is 4. The number of hydrogen-bond donors (Lipinski definition) is 19. The first-order valence-corrected chi connectivity index (χ1v) is 37.5. The van der Waals surface area contributed by atoms with Crippen LogP contribution in [-0.4, -0.2) is 318 Å². The lowest BCUT2D eigenvalue weighted by Gasteiger charge is -2.05. The van der Waals surface area contributed by atoms with Crippen LogP contribution in [0, 0.1) is 21.6 Å². The van der Waals surface area contributed by atoms with Gasteiger partial charge in [0, 0.05) is 227 Å². The lowest BCUT2D eigenvalue weighted by Crippen LogP contribution is -2.37. The van der Waals surface area contributed by atoms with Crippen molar-refractivity contribution in [3.63, 3.8) is 0 Å². The Morgan fingerprint density at radius 3 is 1.35 bits per heavy atom. The Hall–Kier alpha value is -12.8. The van der Waals surface area contributed by atoms with Gasteiger partial charge in [0.15, 0.2) is 35.0 Å². The summed E-state index contributed by atoms with van der Waals surface area (Å²) < 4.78 is 43.1. The molecular formula is C82H159N31O16. The predicted octanol–water partition coefficient (Wildman–Crippen LogP) is 7.21. The van der Waals surface area contributed by atoms with Gasteiger partial charge in [-0.25, -0.2) is 45.0 Å². The van der Waals surface area contributed by atoms with Gasteiger partial charge in [-0.05, 0) is 68.5 Å². The minimum Gasteiger partial charge on any atom is -0.385 e. The molecule has 1 aromatic carbocycles. The predicted molar refractivity (Wildman–Crippen MR) is 519 cm³/mol. The number of H-pyrrole nitrogens is 4. The topological polar surface area (TPSA) is 606 Å². The smallest absolute Gasteiger partial charge is 0.268 e. The van der Waals surface area contributed by atoms with Gasteiger partial charge in [-0.2, -0.15) is 5.26 Å². The van der Waals surface area contributed by atoms with Crippen LogP contribution in [0.25, 0.3) is 11.0 Å². The second-order valence-corrected chi connectivity index (χ2v) is 23.1. The number of anilines is 6. The van der Waals surface area contributed by atoms with Gasteiger partial charge in [0.1, 0.15) is 43.1 Å². The van der Waals surface area contributed by atoms with E-state index in [0.717, 1.165) is 126 Å². The van der Waals surface area contributed by atoms with Crippen LogP contribution in [-0.2, 0) is 66.6 Å². The highest BCUT2D eigenvalue weighted by Crippen LogP contribution is 2.13. The van der Waals surface area contributed by atoms with Gasteiger partial charge in [-0.15, -0.1) is 0 Å². The largest absolute Gasteiger partial charge is 0.385 e. The summed E-state index contributed by atoms with van der Waals surface area (Å²) in [7, 11) is 17.6. The van der Waals surface area contributed by atoms with E-state index in [1.54, 1.807) is 131 Å². The Morgan fingerprint density at radius 2 is 0.938 bits per heavy atom. The summed E-state index contributed by atoms with van der Waals surface area (Å²) in [5.41, 5.74) is 1.72. The van der Waals surface area contributed by atoms with E-state index in [9.17, 15) is 34.1 Å². The van der Waals surface area contributed by atoms with Crippen molar-refractivity contribution in [1.82, 2.24) is 97.7 Å². The summed E-state index contributed by atoms with van der Waals surface area (Å²) in [6, 6.07) is 18.5. The van der Waals surface area contributed by atoms with E-state index in [4.69, 9.17) is 38.4 Å². The molecule has 8 heterocycles. The van der Waals surface area contributed by atoms with Gasteiger partial charge >= 0.3 is 0 Å². The number of nitro groups is 1. The first-order valence-electron chi connectivity index (χ1n) is 37.5. The van der Waals surface area contributed by atoms with Crippen LogP contribution in [0.4, 0.5) is 35.4 Å². The Balaban J connectivity index is -0.000000152. The number of carbonyl (C=O) groups is 5. The number of nitriles is 1. The minimum absolute atomic E-state index is 0. The van der Waals surface area contributed by atoms with Gasteiger partial charge in [0.2, 0.25) is 29.7 Å². The zero-order valence-electron chi connectivity index (χ0n) is 70.5. The molecular weight excluding hydrogens is 1680 g/mol. The van der Waals surface area contributed by atoms with Crippen LogP contribution in [0.15, 0.2) is 130 Å². The number of carbonyl (C=O) groups excluding carboxylic acids is 5. The summed E-state index contributed by atoms with van der Waals surface area (Å²) in [5.74, 6) is 5.31. The Morgan fingerprint density at radius 1 is 0.488 bits per heavy atom. The van der Waals surface area contributed by atoms with Crippen molar-refractivity contribution >= 4 is 99.8 Å². The standard InChI is InChI=1S/C10H11N3O2.C9H13N3O.C8H10N2O2.C7H14N4O.C7H13N3O2.C7H15N3O.C7H13N3O.C6H14N4O3.C6H9N3O2.C6H11N3O.9CH4/c1-15-6-9(14)13-10-11-7-4-2-3-5-8(7)12-10;1-8(13)10-6-7-12-9-4-2-3-5-11-9;1-12-6-8(11)10-7-4-2-3-5-9-7;1-9-7(11-6-8)10-4-3-5-12-2;1-12-4-2-3-8-7-9-5-6(11)10-7;2*1-11-6-2-3-8-7-9-4-5-10-7;1-7-6(9-10(11)12)8-4-3-5-13-2;1-11-4-5(10)9-6-7-2-3-8-6;1-10-5-4-9-6-7-2-3-8-6;;;;;;;;;/h2-5H,6H2,1H3,(H2,11,12,13,14);2-5H,6-7H2,1H3,(H,10,13)(H,11,12);2-5H,6H2,1H3,(H,9,10,11);3-5H2,1-2H3,(H2,9,10,11);2-5H2,1H3,(H2,8,9,10,11);2-6H2,1H3,(H2,8,9,10);4-5H,2-3,6H2,1H3,(H2,8,9,10);3-5H2,1-2H3,(H2,7,8,9);2-3H,4H2,1H3,(H2,7,8,9,10);2-3H,4-5H2,1H3,(H2,7,8,9);9*1H4. The lowest BCUT2D eigenvalue weighted by molar-refractivity contribution is -0.485. The van der Waals surface area contributed by atoms with Crippen LogP contribution in [0.3, 0.4) is 0 Å². The highest BCUT2D eigenvalue weighted by molar-refractivity contribution is 6.02. The number of ether oxygens (including phenoxy) is 9. The normalized spacial score (nSPS) is 10.4. The number of nitrogens with one attached hydrogen (secondary N) is 19. The number of methoxy groups -OCH3 is 9. The number of pyridine rings is 2. The molecule has 0 saturated carbocycles. The number of para-hydroxylation sites is 2. The van der Waals surface area contributed by atoms with E-state index in [2.05, 4.69) is 159 Å². The van der Waals surface area contributed by atoms with Crippen molar-refractivity contribution in [2.45, 2.75) is 106 Å². The molecule has 0 bridgehead atoms. The van der Waals surface area contributed by atoms with Crippen molar-refractivity contribution < 1.29 is 71.6 Å². The molecule has 0 saturated heterocycles. The number of fused-ring (bicyclic) bond motifs is 1. The third-order valence-corrected chi connectivity index (χ3v) is 13.4. The third-order valence-electron chi connectivity index (χ3n) is 13.4. The molecule has 0 aliphatic carbocycles. The number of benzene rings is 1. The molecule has 0 spiro atoms. The van der Waals surface area contributed by atoms with Gasteiger partial charge < -0.3 is 121 Å². The first kappa shape index (κ1) is 137. The van der Waals surface area contributed by atoms with E-state index in [-0.39, 0.29) is 129 Å². The zero-order chi connectivity index (χ0) is 88.4. The van der Waals surface area contributed by atoms with Crippen molar-refractivity contribution in [2.75, 3.05) is 241 Å². The van der Waals surface area contributed by atoms with Crippen molar-refractivity contribution in [3.05, 3.63) is 120 Å². The molecule has 47 nitrogen and oxygen atoms in total. The van der Waals surface area contributed by atoms with Gasteiger partial charge in [0.05, 0.1) is 24.2 Å². The Labute approximate surface area is 765 Å². The van der Waals surface area contributed by atoms with Crippen LogP contribution in [0.1, 0.15) is 106 Å². The van der Waals surface area contributed by atoms with Crippen molar-refractivity contribution in [3.8, 4) is 6.19 Å². The number of nitrogens with zero attached hydrogens (tertiary/aromatic N) is 12. The lowest BCUT2D eigenvalue weighted by atomic mass is 10.3. The number of imidazole rings is 4. The maximum atomic E-state index is 11.2. The molecule has 2 aliphatic rings. The average molecular weight is 1840 g/mol. The first-order chi connectivity index (χ1) is 58.4. The second kappa shape index (κ2) is 99.0. The second-order valence-electron chi connectivity index (χ2n) is 23.1. The maximum absolute atomic E-state index is 11.2. The summed E-state index contributed by atoms with van der Waals surface area (Å²) in [6.45, 7) is 14.1. The molecule has 19 N–H and O–H groups in total. The van der Waals surface area contributed by atoms with Crippen LogP contribution < -0.4 is 79.8 Å². The van der Waals surface area contributed by atoms with E-state index >= 15 is 0 Å². The van der Waals surface area contributed by atoms with Gasteiger partial charge in [-0.3, -0.25) is 55.2 Å².